The largest absolute Gasteiger partial charge is 0.373 e. The first kappa shape index (κ1) is 19.5. The van der Waals surface area contributed by atoms with Crippen molar-refractivity contribution >= 4 is 17.3 Å². The molecule has 1 saturated heterocycles. The number of aliphatic imine (C=N–C) groups is 1. The van der Waals surface area contributed by atoms with Crippen LogP contribution >= 0.6 is 0 Å². The predicted octanol–water partition coefficient (Wildman–Crippen LogP) is 3.69. The summed E-state index contributed by atoms with van der Waals surface area (Å²) >= 11 is 0. The molecule has 1 aliphatic carbocycles. The number of hydrogen-bond donors (Lipinski definition) is 1. The molecule has 2 atom stereocenters. The van der Waals surface area contributed by atoms with Gasteiger partial charge in [0.15, 0.2) is 0 Å². The molecule has 5 nitrogen and oxygen atoms in total. The first-order valence-corrected chi connectivity index (χ1v) is 10.9. The summed E-state index contributed by atoms with van der Waals surface area (Å²) in [5.41, 5.74) is 10.6. The van der Waals surface area contributed by atoms with Gasteiger partial charge in [0.05, 0.1) is 5.69 Å². The number of carbonyl (C=O) groups excluding carboxylic acids is 1. The van der Waals surface area contributed by atoms with Gasteiger partial charge in [0, 0.05) is 56.3 Å². The van der Waals surface area contributed by atoms with E-state index in [0.717, 1.165) is 50.1 Å². The van der Waals surface area contributed by atoms with Gasteiger partial charge >= 0.3 is 0 Å². The average molecular weight is 404 g/mol. The number of likely N-dealkylation sites (tertiary alicyclic amines) is 1. The Balaban J connectivity index is 1.40. The van der Waals surface area contributed by atoms with Crippen LogP contribution in [-0.4, -0.2) is 43.3 Å². The van der Waals surface area contributed by atoms with Crippen LogP contribution in [0.25, 0.3) is 0 Å². The van der Waals surface area contributed by atoms with Crippen molar-refractivity contribution in [2.45, 2.75) is 31.3 Å². The average Bonchev–Trinajstić information content (AvgIpc) is 3.15. The van der Waals surface area contributed by atoms with E-state index in [4.69, 9.17) is 15.5 Å². The van der Waals surface area contributed by atoms with Gasteiger partial charge in [-0.05, 0) is 42.2 Å². The van der Waals surface area contributed by atoms with E-state index in [-0.39, 0.29) is 11.5 Å². The van der Waals surface area contributed by atoms with Gasteiger partial charge in [-0.15, -0.1) is 0 Å². The Morgan fingerprint density at radius 2 is 1.93 bits per heavy atom. The molecule has 30 heavy (non-hydrogen) atoms. The molecule has 0 aromatic heterocycles. The van der Waals surface area contributed by atoms with E-state index in [9.17, 15) is 4.79 Å². The topological polar surface area (TPSA) is 67.9 Å². The predicted molar refractivity (Wildman–Crippen MR) is 118 cm³/mol. The van der Waals surface area contributed by atoms with Gasteiger partial charge in [-0.25, -0.2) is 0 Å². The molecule has 2 aromatic carbocycles. The van der Waals surface area contributed by atoms with E-state index in [2.05, 4.69) is 35.2 Å². The van der Waals surface area contributed by atoms with Crippen LogP contribution in [0.15, 0.2) is 53.5 Å². The Bertz CT molecular complexity index is 985. The second-order valence-electron chi connectivity index (χ2n) is 8.94. The number of benzene rings is 2. The summed E-state index contributed by atoms with van der Waals surface area (Å²) in [4.78, 5) is 19.2. The third-order valence-electron chi connectivity index (χ3n) is 7.28. The number of nitrogens with zero attached hydrogens (tertiary/aromatic N) is 2. The van der Waals surface area contributed by atoms with Crippen molar-refractivity contribution in [1.82, 2.24) is 4.90 Å². The Hall–Kier alpha value is -2.50. The molecule has 1 amide bonds. The van der Waals surface area contributed by atoms with Crippen molar-refractivity contribution in [3.63, 3.8) is 0 Å². The lowest BCUT2D eigenvalue weighted by atomic mass is 9.62. The molecule has 1 saturated carbocycles. The number of carbonyl (C=O) groups is 1. The lowest BCUT2D eigenvalue weighted by Crippen LogP contribution is -2.59. The first-order chi connectivity index (χ1) is 14.6. The summed E-state index contributed by atoms with van der Waals surface area (Å²) in [7, 11) is 1.83. The number of rotatable bonds is 5. The summed E-state index contributed by atoms with van der Waals surface area (Å²) in [5, 5.41) is 0. The fraction of sp³-hybridized carbons (Fsp3) is 0.440. The molecule has 5 rings (SSSR count). The van der Waals surface area contributed by atoms with E-state index >= 15 is 0 Å². The zero-order chi connectivity index (χ0) is 20.7. The quantitative estimate of drug-likeness (QED) is 0.828. The molecular weight excluding hydrogens is 374 g/mol. The van der Waals surface area contributed by atoms with Crippen molar-refractivity contribution in [3.8, 4) is 0 Å². The lowest BCUT2D eigenvalue weighted by molar-refractivity contribution is -0.167. The highest BCUT2D eigenvalue weighted by Gasteiger charge is 2.53. The lowest BCUT2D eigenvalue weighted by Gasteiger charge is -2.55. The molecule has 2 aliphatic heterocycles. The highest BCUT2D eigenvalue weighted by Crippen LogP contribution is 2.51. The molecule has 156 valence electrons. The molecule has 2 fully saturated rings. The number of para-hydroxylation sites is 1. The number of methoxy groups -OCH3 is 1. The normalized spacial score (nSPS) is 28.1. The minimum absolute atomic E-state index is 0.347. The SMILES string of the molecule is COC1(c2cccc(C(N)=O)c2)C2CCCC1CN(CC1=Nc3ccccc3C1)C2. The molecule has 5 heteroatoms. The molecule has 2 N–H and O–H groups in total. The van der Waals surface area contributed by atoms with Crippen LogP contribution in [0.4, 0.5) is 5.69 Å². The number of fused-ring (bicyclic) bond motifs is 3. The fourth-order valence-electron chi connectivity index (χ4n) is 6.04. The van der Waals surface area contributed by atoms with Crippen molar-refractivity contribution in [2.75, 3.05) is 26.7 Å². The van der Waals surface area contributed by atoms with Crippen molar-refractivity contribution in [3.05, 3.63) is 65.2 Å². The van der Waals surface area contributed by atoms with Gasteiger partial charge < -0.3 is 10.5 Å². The summed E-state index contributed by atoms with van der Waals surface area (Å²) in [6, 6.07) is 16.2. The number of amides is 1. The third kappa shape index (κ3) is 3.17. The molecule has 0 radical (unpaired) electrons. The molecule has 2 aromatic rings. The summed E-state index contributed by atoms with van der Waals surface area (Å²) in [6.45, 7) is 2.89. The number of nitrogens with two attached hydrogens (primary N) is 1. The number of hydrogen-bond acceptors (Lipinski definition) is 4. The highest BCUT2D eigenvalue weighted by molar-refractivity contribution is 5.95. The van der Waals surface area contributed by atoms with Crippen molar-refractivity contribution in [2.24, 2.45) is 22.6 Å². The van der Waals surface area contributed by atoms with Crippen LogP contribution < -0.4 is 5.73 Å². The van der Waals surface area contributed by atoms with Crippen molar-refractivity contribution in [1.29, 1.82) is 0 Å². The van der Waals surface area contributed by atoms with E-state index in [1.165, 1.54) is 17.7 Å². The third-order valence-corrected chi connectivity index (χ3v) is 7.28. The van der Waals surface area contributed by atoms with Gasteiger partial charge in [0.25, 0.3) is 0 Å². The van der Waals surface area contributed by atoms with Gasteiger partial charge in [0.1, 0.15) is 5.60 Å². The van der Waals surface area contributed by atoms with Crippen molar-refractivity contribution < 1.29 is 9.53 Å². The zero-order valence-corrected chi connectivity index (χ0v) is 17.5. The number of primary amides is 1. The number of ether oxygens (including phenoxy) is 1. The Labute approximate surface area is 177 Å². The monoisotopic (exact) mass is 403 g/mol. The number of piperidine rings is 1. The van der Waals surface area contributed by atoms with Gasteiger partial charge in [0.2, 0.25) is 5.91 Å². The molecular formula is C25H29N3O2. The maximum Gasteiger partial charge on any atom is 0.248 e. The van der Waals surface area contributed by atoms with E-state index < -0.39 is 0 Å². The van der Waals surface area contributed by atoms with Crippen LogP contribution in [-0.2, 0) is 16.8 Å². The van der Waals surface area contributed by atoms with Gasteiger partial charge in [-0.1, -0.05) is 36.8 Å². The minimum Gasteiger partial charge on any atom is -0.373 e. The highest BCUT2D eigenvalue weighted by atomic mass is 16.5. The van der Waals surface area contributed by atoms with E-state index in [1.54, 1.807) is 6.07 Å². The van der Waals surface area contributed by atoms with Crippen LogP contribution in [0, 0.1) is 11.8 Å². The molecule has 2 heterocycles. The molecule has 3 aliphatic rings. The first-order valence-electron chi connectivity index (χ1n) is 10.9. The maximum absolute atomic E-state index is 11.8. The smallest absolute Gasteiger partial charge is 0.248 e. The van der Waals surface area contributed by atoms with Crippen LogP contribution in [0.1, 0.15) is 40.7 Å². The minimum atomic E-state index is -0.385. The summed E-state index contributed by atoms with van der Waals surface area (Å²) in [5.74, 6) is 0.398. The molecule has 2 bridgehead atoms. The Morgan fingerprint density at radius 3 is 2.63 bits per heavy atom. The standard InChI is InChI=1S/C25H29N3O2/c1-30-25(19-8-4-7-18(12-19)24(26)29)20-9-5-10-21(25)15-28(14-20)16-22-13-17-6-2-3-11-23(17)27-22/h2-4,6-8,11-12,20-21H,5,9-10,13-16H2,1H3,(H2,26,29). The maximum atomic E-state index is 11.8. The van der Waals surface area contributed by atoms with E-state index in [1.807, 2.05) is 19.2 Å². The van der Waals surface area contributed by atoms with Gasteiger partial charge in [-0.3, -0.25) is 14.7 Å². The summed E-state index contributed by atoms with van der Waals surface area (Å²) < 4.78 is 6.33. The zero-order valence-electron chi connectivity index (χ0n) is 17.5. The second kappa shape index (κ2) is 7.64. The van der Waals surface area contributed by atoms with Crippen LogP contribution in [0.2, 0.25) is 0 Å². The Kier molecular flexibility index (Phi) is 4.95. The summed E-state index contributed by atoms with van der Waals surface area (Å²) in [6.07, 6.45) is 4.46. The second-order valence-corrected chi connectivity index (χ2v) is 8.94. The Morgan fingerprint density at radius 1 is 1.17 bits per heavy atom. The fourth-order valence-corrected chi connectivity index (χ4v) is 6.04. The van der Waals surface area contributed by atoms with Crippen LogP contribution in [0.3, 0.4) is 0 Å². The van der Waals surface area contributed by atoms with E-state index in [0.29, 0.717) is 17.4 Å². The van der Waals surface area contributed by atoms with Gasteiger partial charge in [-0.2, -0.15) is 0 Å². The van der Waals surface area contributed by atoms with Crippen LogP contribution in [0.5, 0.6) is 0 Å². The molecule has 2 unspecified atom stereocenters. The molecule has 0 spiro atoms.